The molecule has 0 aromatic heterocycles. The molecule has 8 nitrogen and oxygen atoms in total. The van der Waals surface area contributed by atoms with Crippen molar-refractivity contribution in [3.8, 4) is 11.5 Å². The van der Waals surface area contributed by atoms with Gasteiger partial charge in [-0.05, 0) is 60.0 Å². The molecule has 0 aliphatic rings. The molecule has 0 saturated heterocycles. The summed E-state index contributed by atoms with van der Waals surface area (Å²) in [6.45, 7) is 1.99. The summed E-state index contributed by atoms with van der Waals surface area (Å²) in [5, 5.41) is 14.8. The van der Waals surface area contributed by atoms with Gasteiger partial charge in [0.15, 0.2) is 11.5 Å². The standard InChI is InChI=1S/C23H22N2O6S/c1-16-6-9-20(10-7-16)32(28,29)25-24-14-17-8-11-21(22(13-17)30-2)31-15-18-4-3-5-19(12-18)23(26)27/h3-14,25H,15H2,1-2H3,(H,26,27)/p-1/b24-14-. The van der Waals surface area contributed by atoms with Gasteiger partial charge in [0, 0.05) is 0 Å². The predicted molar refractivity (Wildman–Crippen MR) is 117 cm³/mol. The number of sulfonamides is 1. The van der Waals surface area contributed by atoms with Crippen molar-refractivity contribution in [2.45, 2.75) is 18.4 Å². The third kappa shape index (κ3) is 5.86. The average molecular weight is 453 g/mol. The van der Waals surface area contributed by atoms with Gasteiger partial charge in [-0.1, -0.05) is 35.9 Å². The number of hydrazone groups is 1. The maximum atomic E-state index is 12.3. The van der Waals surface area contributed by atoms with E-state index in [4.69, 9.17) is 9.47 Å². The van der Waals surface area contributed by atoms with Gasteiger partial charge in [-0.3, -0.25) is 0 Å². The number of carboxylic acids is 1. The summed E-state index contributed by atoms with van der Waals surface area (Å²) in [5.41, 5.74) is 2.26. The van der Waals surface area contributed by atoms with Gasteiger partial charge in [0.25, 0.3) is 10.0 Å². The molecule has 9 heteroatoms. The van der Waals surface area contributed by atoms with E-state index in [1.807, 2.05) is 6.92 Å². The van der Waals surface area contributed by atoms with Crippen LogP contribution in [0.15, 0.2) is 76.7 Å². The molecule has 0 saturated carbocycles. The van der Waals surface area contributed by atoms with Crippen molar-refractivity contribution >= 4 is 22.2 Å². The summed E-state index contributed by atoms with van der Waals surface area (Å²) in [7, 11) is -2.30. The van der Waals surface area contributed by atoms with Crippen molar-refractivity contribution in [3.63, 3.8) is 0 Å². The number of nitrogens with one attached hydrogen (secondary N) is 1. The zero-order chi connectivity index (χ0) is 23.1. The van der Waals surface area contributed by atoms with Crippen LogP contribution in [0.3, 0.4) is 0 Å². The molecule has 0 bridgehead atoms. The van der Waals surface area contributed by atoms with E-state index in [1.165, 1.54) is 37.6 Å². The van der Waals surface area contributed by atoms with Crippen LogP contribution in [0.2, 0.25) is 0 Å². The maximum Gasteiger partial charge on any atom is 0.276 e. The zero-order valence-corrected chi connectivity index (χ0v) is 18.3. The highest BCUT2D eigenvalue weighted by atomic mass is 32.2. The number of carboxylic acid groups (broad SMARTS) is 1. The Morgan fingerprint density at radius 3 is 2.50 bits per heavy atom. The minimum atomic E-state index is -3.77. The van der Waals surface area contributed by atoms with Crippen LogP contribution in [0.25, 0.3) is 0 Å². The first kappa shape index (κ1) is 22.8. The lowest BCUT2D eigenvalue weighted by Crippen LogP contribution is -2.22. The molecule has 0 aliphatic heterocycles. The van der Waals surface area contributed by atoms with Crippen LogP contribution < -0.4 is 19.4 Å². The third-order valence-electron chi connectivity index (χ3n) is 4.46. The minimum Gasteiger partial charge on any atom is -0.545 e. The van der Waals surface area contributed by atoms with Gasteiger partial charge in [0.05, 0.1) is 24.2 Å². The number of rotatable bonds is 9. The second-order valence-corrected chi connectivity index (χ2v) is 8.51. The van der Waals surface area contributed by atoms with E-state index in [9.17, 15) is 18.3 Å². The molecular formula is C23H21N2O6S-. The van der Waals surface area contributed by atoms with Gasteiger partial charge in [0.1, 0.15) is 6.61 Å². The third-order valence-corrected chi connectivity index (χ3v) is 5.70. The Hall–Kier alpha value is -3.85. The lowest BCUT2D eigenvalue weighted by Gasteiger charge is -2.12. The van der Waals surface area contributed by atoms with Gasteiger partial charge in [-0.25, -0.2) is 4.83 Å². The smallest absolute Gasteiger partial charge is 0.276 e. The molecule has 3 aromatic rings. The van der Waals surface area contributed by atoms with Crippen LogP contribution >= 0.6 is 0 Å². The van der Waals surface area contributed by atoms with Crippen molar-refractivity contribution in [3.05, 3.63) is 89.0 Å². The molecule has 0 amide bonds. The van der Waals surface area contributed by atoms with Gasteiger partial charge in [0.2, 0.25) is 0 Å². The first-order valence-corrected chi connectivity index (χ1v) is 11.0. The highest BCUT2D eigenvalue weighted by Crippen LogP contribution is 2.28. The molecule has 3 aromatic carbocycles. The van der Waals surface area contributed by atoms with Gasteiger partial charge >= 0.3 is 0 Å². The van der Waals surface area contributed by atoms with Crippen molar-refractivity contribution in [2.24, 2.45) is 5.10 Å². The molecule has 1 N–H and O–H groups in total. The highest BCUT2D eigenvalue weighted by molar-refractivity contribution is 7.89. The minimum absolute atomic E-state index is 0.0673. The Balaban J connectivity index is 1.67. The number of carbonyl (C=O) groups excluding carboxylic acids is 1. The number of ether oxygens (including phenoxy) is 2. The van der Waals surface area contributed by atoms with Crippen LogP contribution in [-0.2, 0) is 16.6 Å². The zero-order valence-electron chi connectivity index (χ0n) is 17.4. The van der Waals surface area contributed by atoms with Crippen molar-refractivity contribution in [1.82, 2.24) is 4.83 Å². The molecule has 3 rings (SSSR count). The first-order valence-electron chi connectivity index (χ1n) is 9.51. The molecule has 0 fully saturated rings. The summed E-state index contributed by atoms with van der Waals surface area (Å²) in [5.74, 6) is -0.416. The number of aromatic carboxylic acids is 1. The van der Waals surface area contributed by atoms with Crippen molar-refractivity contribution < 1.29 is 27.8 Å². The van der Waals surface area contributed by atoms with Crippen LogP contribution in [-0.4, -0.2) is 27.7 Å². The van der Waals surface area contributed by atoms with E-state index in [2.05, 4.69) is 9.93 Å². The fraction of sp³-hybridized carbons (Fsp3) is 0.130. The topological polar surface area (TPSA) is 117 Å². The van der Waals surface area contributed by atoms with Crippen LogP contribution in [0.1, 0.15) is 27.0 Å². The number of hydrogen-bond donors (Lipinski definition) is 1. The Morgan fingerprint density at radius 1 is 1.06 bits per heavy atom. The van der Waals surface area contributed by atoms with Gasteiger partial charge < -0.3 is 19.4 Å². The van der Waals surface area contributed by atoms with E-state index < -0.39 is 16.0 Å². The molecule has 0 radical (unpaired) electrons. The van der Waals surface area contributed by atoms with Gasteiger partial charge in [-0.15, -0.1) is 0 Å². The summed E-state index contributed by atoms with van der Waals surface area (Å²) in [4.78, 5) is 13.3. The molecule has 32 heavy (non-hydrogen) atoms. The Kier molecular flexibility index (Phi) is 7.11. The quantitative estimate of drug-likeness (QED) is 0.392. The highest BCUT2D eigenvalue weighted by Gasteiger charge is 2.12. The predicted octanol–water partition coefficient (Wildman–Crippen LogP) is 2.26. The number of carbonyl (C=O) groups is 1. The lowest BCUT2D eigenvalue weighted by atomic mass is 10.1. The Bertz CT molecular complexity index is 1240. The SMILES string of the molecule is COc1cc(/C=N\NS(=O)(=O)c2ccc(C)cc2)ccc1OCc1cccc(C(=O)[O-])c1. The van der Waals surface area contributed by atoms with Crippen LogP contribution in [0.4, 0.5) is 0 Å². The summed E-state index contributed by atoms with van der Waals surface area (Å²) < 4.78 is 35.6. The lowest BCUT2D eigenvalue weighted by molar-refractivity contribution is -0.255. The Labute approximate surface area is 186 Å². The van der Waals surface area contributed by atoms with Crippen molar-refractivity contribution in [1.29, 1.82) is 0 Å². The average Bonchev–Trinajstić information content (AvgIpc) is 2.78. The second kappa shape index (κ2) is 9.97. The number of benzene rings is 3. The molecule has 0 atom stereocenters. The second-order valence-electron chi connectivity index (χ2n) is 6.85. The molecule has 0 aliphatic carbocycles. The molecule has 0 spiro atoms. The van der Waals surface area contributed by atoms with Crippen LogP contribution in [0.5, 0.6) is 11.5 Å². The normalized spacial score (nSPS) is 11.3. The summed E-state index contributed by atoms with van der Waals surface area (Å²) >= 11 is 0. The summed E-state index contributed by atoms with van der Waals surface area (Å²) in [6, 6.07) is 17.7. The number of hydrogen-bond acceptors (Lipinski definition) is 7. The number of methoxy groups -OCH3 is 1. The van der Waals surface area contributed by atoms with Crippen LogP contribution in [0, 0.1) is 6.92 Å². The largest absolute Gasteiger partial charge is 0.545 e. The molecule has 166 valence electrons. The van der Waals surface area contributed by atoms with E-state index in [0.717, 1.165) is 5.56 Å². The van der Waals surface area contributed by atoms with E-state index in [-0.39, 0.29) is 17.1 Å². The fourth-order valence-corrected chi connectivity index (χ4v) is 3.56. The monoisotopic (exact) mass is 453 g/mol. The molecule has 0 heterocycles. The van der Waals surface area contributed by atoms with Crippen molar-refractivity contribution in [2.75, 3.05) is 7.11 Å². The number of nitrogens with zero attached hydrogens (tertiary/aromatic N) is 1. The summed E-state index contributed by atoms with van der Waals surface area (Å²) in [6.07, 6.45) is 1.35. The fourth-order valence-electron chi connectivity index (χ4n) is 2.77. The Morgan fingerprint density at radius 2 is 1.81 bits per heavy atom. The van der Waals surface area contributed by atoms with E-state index >= 15 is 0 Å². The van der Waals surface area contributed by atoms with E-state index in [0.29, 0.717) is 22.6 Å². The first-order chi connectivity index (χ1) is 15.3. The number of aryl methyl sites for hydroxylation is 1. The maximum absolute atomic E-state index is 12.3. The van der Waals surface area contributed by atoms with Gasteiger partial charge in [-0.2, -0.15) is 13.5 Å². The van der Waals surface area contributed by atoms with E-state index in [1.54, 1.807) is 42.5 Å². The molecular weight excluding hydrogens is 432 g/mol. The molecule has 0 unspecified atom stereocenters.